The second-order valence-corrected chi connectivity index (χ2v) is 9.01. The largest absolute Gasteiger partial charge is 0.447 e. The van der Waals surface area contributed by atoms with Gasteiger partial charge in [-0.15, -0.1) is 11.3 Å². The summed E-state index contributed by atoms with van der Waals surface area (Å²) in [5, 5.41) is 5.34. The van der Waals surface area contributed by atoms with Gasteiger partial charge in [0.2, 0.25) is 5.95 Å². The zero-order valence-corrected chi connectivity index (χ0v) is 18.3. The number of hydrogen-bond donors (Lipinski definition) is 1. The standard InChI is InChI=1S/C20H21BrN4O2S/c1-11(2)16-10-27-20(26)25(16)18-17-15(8-9-28-17)23-19(24-18)22-12(3)13-4-6-14(21)7-5-13/h4-9,11-12,16H,10H2,1-3H3,(H,22,23,24)/t12?,16-/m1/s1. The van der Waals surface area contributed by atoms with Gasteiger partial charge in [-0.25, -0.2) is 9.78 Å². The van der Waals surface area contributed by atoms with Crippen LogP contribution >= 0.6 is 27.3 Å². The highest BCUT2D eigenvalue weighted by Gasteiger charge is 2.38. The number of hydrogen-bond acceptors (Lipinski definition) is 6. The topological polar surface area (TPSA) is 67.4 Å². The number of carbonyl (C=O) groups is 1. The highest BCUT2D eigenvalue weighted by molar-refractivity contribution is 9.10. The number of cyclic esters (lactones) is 1. The molecular weight excluding hydrogens is 440 g/mol. The zero-order chi connectivity index (χ0) is 19.8. The Morgan fingerprint density at radius 1 is 1.21 bits per heavy atom. The SMILES string of the molecule is CC(Nc1nc(N2C(=O)OC[C@@H]2C(C)C)c2sccc2n1)c1ccc(Br)cc1. The molecule has 0 bridgehead atoms. The molecule has 1 aliphatic rings. The Morgan fingerprint density at radius 2 is 1.96 bits per heavy atom. The normalized spacial score (nSPS) is 18.0. The quantitative estimate of drug-likeness (QED) is 0.535. The van der Waals surface area contributed by atoms with Crippen molar-refractivity contribution >= 4 is 55.3 Å². The summed E-state index contributed by atoms with van der Waals surface area (Å²) in [4.78, 5) is 23.5. The molecule has 8 heteroatoms. The number of benzene rings is 1. The maximum Gasteiger partial charge on any atom is 0.415 e. The lowest BCUT2D eigenvalue weighted by Gasteiger charge is -2.24. The zero-order valence-electron chi connectivity index (χ0n) is 15.8. The van der Waals surface area contributed by atoms with Crippen LogP contribution in [0.25, 0.3) is 10.2 Å². The summed E-state index contributed by atoms with van der Waals surface area (Å²) in [7, 11) is 0. The van der Waals surface area contributed by atoms with E-state index in [1.807, 2.05) is 23.6 Å². The first-order chi connectivity index (χ1) is 13.4. The maximum absolute atomic E-state index is 12.5. The molecule has 0 radical (unpaired) electrons. The fourth-order valence-corrected chi connectivity index (χ4v) is 4.36. The Morgan fingerprint density at radius 3 is 2.68 bits per heavy atom. The molecule has 1 aliphatic heterocycles. The molecule has 1 N–H and O–H groups in total. The molecular formula is C20H21BrN4O2S. The fraction of sp³-hybridized carbons (Fsp3) is 0.350. The molecule has 146 valence electrons. The van der Waals surface area contributed by atoms with Crippen molar-refractivity contribution in [1.29, 1.82) is 0 Å². The fourth-order valence-electron chi connectivity index (χ4n) is 3.27. The summed E-state index contributed by atoms with van der Waals surface area (Å²) in [5.41, 5.74) is 1.95. The van der Waals surface area contributed by atoms with Crippen molar-refractivity contribution in [3.63, 3.8) is 0 Å². The molecule has 3 heterocycles. The average Bonchev–Trinajstić information content (AvgIpc) is 3.28. The number of nitrogens with zero attached hydrogens (tertiary/aromatic N) is 3. The third-order valence-corrected chi connectivity index (χ3v) is 6.33. The minimum absolute atomic E-state index is 0.0171. The van der Waals surface area contributed by atoms with Gasteiger partial charge in [0, 0.05) is 4.47 Å². The van der Waals surface area contributed by atoms with E-state index in [2.05, 4.69) is 59.1 Å². The van der Waals surface area contributed by atoms with E-state index in [1.165, 1.54) is 11.3 Å². The molecule has 0 spiro atoms. The molecule has 6 nitrogen and oxygen atoms in total. The second-order valence-electron chi connectivity index (χ2n) is 7.18. The lowest BCUT2D eigenvalue weighted by atomic mass is 10.0. The van der Waals surface area contributed by atoms with E-state index in [-0.39, 0.29) is 24.1 Å². The Hall–Kier alpha value is -2.19. The number of rotatable bonds is 5. The molecule has 1 aromatic carbocycles. The molecule has 3 aromatic rings. The van der Waals surface area contributed by atoms with Gasteiger partial charge in [-0.3, -0.25) is 4.90 Å². The second kappa shape index (κ2) is 7.67. The summed E-state index contributed by atoms with van der Waals surface area (Å²) in [6.45, 7) is 6.61. The molecule has 0 saturated carbocycles. The lowest BCUT2D eigenvalue weighted by Crippen LogP contribution is -2.38. The van der Waals surface area contributed by atoms with Crippen molar-refractivity contribution in [2.75, 3.05) is 16.8 Å². The van der Waals surface area contributed by atoms with Crippen molar-refractivity contribution in [3.05, 3.63) is 45.7 Å². The van der Waals surface area contributed by atoms with Crippen molar-refractivity contribution < 1.29 is 9.53 Å². The molecule has 1 saturated heterocycles. The van der Waals surface area contributed by atoms with Crippen molar-refractivity contribution in [2.45, 2.75) is 32.9 Å². The molecule has 28 heavy (non-hydrogen) atoms. The molecule has 1 amide bonds. The number of thiophene rings is 1. The number of halogens is 1. The van der Waals surface area contributed by atoms with E-state index >= 15 is 0 Å². The van der Waals surface area contributed by atoms with Gasteiger partial charge in [0.05, 0.1) is 22.3 Å². The number of amides is 1. The van der Waals surface area contributed by atoms with Crippen LogP contribution < -0.4 is 10.2 Å². The van der Waals surface area contributed by atoms with Crippen LogP contribution in [0.4, 0.5) is 16.6 Å². The van der Waals surface area contributed by atoms with Crippen LogP contribution in [0.1, 0.15) is 32.4 Å². The number of fused-ring (bicyclic) bond motifs is 1. The molecule has 0 aliphatic carbocycles. The van der Waals surface area contributed by atoms with Crippen LogP contribution in [0.2, 0.25) is 0 Å². The van der Waals surface area contributed by atoms with E-state index in [4.69, 9.17) is 9.72 Å². The maximum atomic E-state index is 12.5. The summed E-state index contributed by atoms with van der Waals surface area (Å²) in [5.74, 6) is 1.37. The van der Waals surface area contributed by atoms with E-state index < -0.39 is 0 Å². The Labute approximate surface area is 176 Å². The van der Waals surface area contributed by atoms with Gasteiger partial charge >= 0.3 is 6.09 Å². The molecule has 1 fully saturated rings. The predicted molar refractivity (Wildman–Crippen MR) is 116 cm³/mol. The smallest absolute Gasteiger partial charge is 0.415 e. The predicted octanol–water partition coefficient (Wildman–Crippen LogP) is 5.61. The molecule has 4 rings (SSSR count). The van der Waals surface area contributed by atoms with Crippen molar-refractivity contribution in [3.8, 4) is 0 Å². The van der Waals surface area contributed by atoms with E-state index in [0.717, 1.165) is 20.3 Å². The van der Waals surface area contributed by atoms with Gasteiger partial charge in [0.1, 0.15) is 6.61 Å². The Kier molecular flexibility index (Phi) is 5.25. The van der Waals surface area contributed by atoms with Gasteiger partial charge in [0.25, 0.3) is 0 Å². The van der Waals surface area contributed by atoms with Crippen LogP contribution in [0, 0.1) is 5.92 Å². The number of carbonyl (C=O) groups excluding carboxylic acids is 1. The van der Waals surface area contributed by atoms with E-state index in [0.29, 0.717) is 18.4 Å². The molecule has 2 aromatic heterocycles. The van der Waals surface area contributed by atoms with Gasteiger partial charge in [-0.2, -0.15) is 4.98 Å². The highest BCUT2D eigenvalue weighted by Crippen LogP contribution is 2.35. The van der Waals surface area contributed by atoms with E-state index in [9.17, 15) is 4.79 Å². The minimum atomic E-state index is -0.348. The number of anilines is 2. The molecule has 2 atom stereocenters. The van der Waals surface area contributed by atoms with Crippen LogP contribution in [0.5, 0.6) is 0 Å². The van der Waals surface area contributed by atoms with Crippen LogP contribution in [0.15, 0.2) is 40.2 Å². The third-order valence-electron chi connectivity index (χ3n) is 4.90. The monoisotopic (exact) mass is 460 g/mol. The van der Waals surface area contributed by atoms with Gasteiger partial charge in [-0.1, -0.05) is 41.9 Å². The first kappa shape index (κ1) is 19.1. The molecule has 1 unspecified atom stereocenters. The Balaban J connectivity index is 1.71. The highest BCUT2D eigenvalue weighted by atomic mass is 79.9. The third kappa shape index (κ3) is 3.58. The average molecular weight is 461 g/mol. The lowest BCUT2D eigenvalue weighted by molar-refractivity contribution is 0.177. The number of nitrogens with one attached hydrogen (secondary N) is 1. The minimum Gasteiger partial charge on any atom is -0.447 e. The van der Waals surface area contributed by atoms with Gasteiger partial charge in [-0.05, 0) is 42.0 Å². The summed E-state index contributed by atoms with van der Waals surface area (Å²) >= 11 is 5.00. The van der Waals surface area contributed by atoms with Crippen molar-refractivity contribution in [1.82, 2.24) is 9.97 Å². The van der Waals surface area contributed by atoms with Gasteiger partial charge in [0.15, 0.2) is 5.82 Å². The van der Waals surface area contributed by atoms with Crippen LogP contribution in [0.3, 0.4) is 0 Å². The van der Waals surface area contributed by atoms with Crippen LogP contribution in [-0.2, 0) is 4.74 Å². The summed E-state index contributed by atoms with van der Waals surface area (Å²) in [6, 6.07) is 10.1. The van der Waals surface area contributed by atoms with Gasteiger partial charge < -0.3 is 10.1 Å². The Bertz CT molecular complexity index is 1010. The number of ether oxygens (including phenoxy) is 1. The summed E-state index contributed by atoms with van der Waals surface area (Å²) < 4.78 is 7.26. The number of aromatic nitrogens is 2. The first-order valence-corrected chi connectivity index (χ1v) is 10.8. The van der Waals surface area contributed by atoms with Crippen LogP contribution in [-0.4, -0.2) is 28.7 Å². The summed E-state index contributed by atoms with van der Waals surface area (Å²) in [6.07, 6.45) is -0.348. The first-order valence-electron chi connectivity index (χ1n) is 9.17. The van der Waals surface area contributed by atoms with Crippen molar-refractivity contribution in [2.24, 2.45) is 5.92 Å². The van der Waals surface area contributed by atoms with E-state index in [1.54, 1.807) is 4.90 Å².